The minimum absolute atomic E-state index is 0.0783. The number of Topliss-reactive ketones (excluding diaryl/α,β-unsaturated/α-hetero) is 1. The average Bonchev–Trinajstić information content (AvgIpc) is 2.16. The molecule has 0 aliphatic heterocycles. The zero-order valence-electron chi connectivity index (χ0n) is 7.63. The lowest BCUT2D eigenvalue weighted by molar-refractivity contribution is 0.101. The van der Waals surface area contributed by atoms with Gasteiger partial charge in [-0.2, -0.15) is 0 Å². The minimum Gasteiger partial charge on any atom is -0.496 e. The molecule has 0 saturated heterocycles. The van der Waals surface area contributed by atoms with Crippen molar-refractivity contribution < 1.29 is 9.53 Å². The summed E-state index contributed by atoms with van der Waals surface area (Å²) in [5.41, 5.74) is 1.05. The third-order valence-corrected chi connectivity index (χ3v) is 1.75. The van der Waals surface area contributed by atoms with Gasteiger partial charge >= 0.3 is 0 Å². The summed E-state index contributed by atoms with van der Waals surface area (Å²) >= 11 is 0. The second-order valence-corrected chi connectivity index (χ2v) is 2.58. The van der Waals surface area contributed by atoms with Crippen molar-refractivity contribution in [1.29, 1.82) is 0 Å². The van der Waals surface area contributed by atoms with Crippen molar-refractivity contribution in [2.24, 2.45) is 0 Å². The fraction of sp³-hybridized carbons (Fsp3) is 0.182. The third-order valence-electron chi connectivity index (χ3n) is 1.75. The van der Waals surface area contributed by atoms with E-state index in [4.69, 9.17) is 11.2 Å². The molecule has 0 heterocycles. The minimum atomic E-state index is -0.0783. The molecule has 1 rings (SSSR count). The Balaban J connectivity index is 3.41. The standard InChI is InChI=1S/C11H10O2/c1-4-9-6-5-7-10(13-3)11(9)8(2)12/h1,5-7H,2-3H3. The molecule has 0 saturated carbocycles. The van der Waals surface area contributed by atoms with Crippen molar-refractivity contribution in [1.82, 2.24) is 0 Å². The normalized spacial score (nSPS) is 9.00. The lowest BCUT2D eigenvalue weighted by atomic mass is 10.0. The Hall–Kier alpha value is -1.75. The molecule has 0 N–H and O–H groups in total. The molecule has 0 aromatic heterocycles. The van der Waals surface area contributed by atoms with E-state index >= 15 is 0 Å². The van der Waals surface area contributed by atoms with Gasteiger partial charge < -0.3 is 4.74 Å². The van der Waals surface area contributed by atoms with Gasteiger partial charge in [-0.1, -0.05) is 12.0 Å². The number of carbonyl (C=O) groups excluding carboxylic acids is 1. The molecule has 0 aliphatic rings. The van der Waals surface area contributed by atoms with E-state index in [2.05, 4.69) is 5.92 Å². The van der Waals surface area contributed by atoms with Crippen LogP contribution in [0, 0.1) is 12.3 Å². The summed E-state index contributed by atoms with van der Waals surface area (Å²) in [6.45, 7) is 1.47. The maximum Gasteiger partial charge on any atom is 0.164 e. The Morgan fingerprint density at radius 3 is 2.69 bits per heavy atom. The zero-order valence-corrected chi connectivity index (χ0v) is 7.63. The first-order valence-corrected chi connectivity index (χ1v) is 3.85. The molecule has 1 aromatic rings. The molecule has 0 fully saturated rings. The monoisotopic (exact) mass is 174 g/mol. The van der Waals surface area contributed by atoms with Crippen molar-refractivity contribution in [3.05, 3.63) is 29.3 Å². The van der Waals surface area contributed by atoms with E-state index in [9.17, 15) is 4.79 Å². The van der Waals surface area contributed by atoms with Crippen LogP contribution in [0.3, 0.4) is 0 Å². The van der Waals surface area contributed by atoms with Crippen LogP contribution in [0.5, 0.6) is 5.75 Å². The van der Waals surface area contributed by atoms with E-state index in [0.29, 0.717) is 16.9 Å². The Kier molecular flexibility index (Phi) is 2.71. The molecular weight excluding hydrogens is 164 g/mol. The highest BCUT2D eigenvalue weighted by atomic mass is 16.5. The summed E-state index contributed by atoms with van der Waals surface area (Å²) < 4.78 is 5.03. The van der Waals surface area contributed by atoms with Gasteiger partial charge in [-0.15, -0.1) is 6.42 Å². The van der Waals surface area contributed by atoms with Crippen molar-refractivity contribution in [2.45, 2.75) is 6.92 Å². The van der Waals surface area contributed by atoms with Gasteiger partial charge in [-0.25, -0.2) is 0 Å². The average molecular weight is 174 g/mol. The van der Waals surface area contributed by atoms with E-state index in [0.717, 1.165) is 0 Å². The highest BCUT2D eigenvalue weighted by Crippen LogP contribution is 2.21. The van der Waals surface area contributed by atoms with E-state index in [-0.39, 0.29) is 5.78 Å². The second-order valence-electron chi connectivity index (χ2n) is 2.58. The summed E-state index contributed by atoms with van der Waals surface area (Å²) in [4.78, 5) is 11.2. The van der Waals surface area contributed by atoms with Crippen LogP contribution in [-0.2, 0) is 0 Å². The predicted octanol–water partition coefficient (Wildman–Crippen LogP) is 1.88. The van der Waals surface area contributed by atoms with E-state index < -0.39 is 0 Å². The first-order valence-electron chi connectivity index (χ1n) is 3.85. The molecule has 0 amide bonds. The van der Waals surface area contributed by atoms with Gasteiger partial charge in [0.05, 0.1) is 12.7 Å². The molecule has 0 aliphatic carbocycles. The number of hydrogen-bond donors (Lipinski definition) is 0. The Morgan fingerprint density at radius 2 is 2.23 bits per heavy atom. The summed E-state index contributed by atoms with van der Waals surface area (Å²) in [5, 5.41) is 0. The fourth-order valence-corrected chi connectivity index (χ4v) is 1.18. The highest BCUT2D eigenvalue weighted by Gasteiger charge is 2.11. The van der Waals surface area contributed by atoms with Crippen LogP contribution in [0.2, 0.25) is 0 Å². The number of methoxy groups -OCH3 is 1. The van der Waals surface area contributed by atoms with Gasteiger partial charge in [0.15, 0.2) is 5.78 Å². The van der Waals surface area contributed by atoms with Gasteiger partial charge in [0.1, 0.15) is 5.75 Å². The largest absolute Gasteiger partial charge is 0.496 e. The smallest absolute Gasteiger partial charge is 0.164 e. The molecule has 1 aromatic carbocycles. The van der Waals surface area contributed by atoms with E-state index in [1.165, 1.54) is 14.0 Å². The molecule has 0 unspecified atom stereocenters. The number of hydrogen-bond acceptors (Lipinski definition) is 2. The number of ether oxygens (including phenoxy) is 1. The van der Waals surface area contributed by atoms with Crippen LogP contribution >= 0.6 is 0 Å². The number of terminal acetylenes is 1. The van der Waals surface area contributed by atoms with E-state index in [1.54, 1.807) is 18.2 Å². The number of benzene rings is 1. The predicted molar refractivity (Wildman–Crippen MR) is 50.9 cm³/mol. The van der Waals surface area contributed by atoms with E-state index in [1.807, 2.05) is 0 Å². The van der Waals surface area contributed by atoms with Crippen molar-refractivity contribution >= 4 is 5.78 Å². The van der Waals surface area contributed by atoms with Crippen molar-refractivity contribution in [3.63, 3.8) is 0 Å². The highest BCUT2D eigenvalue weighted by molar-refractivity contribution is 5.99. The first kappa shape index (κ1) is 9.34. The van der Waals surface area contributed by atoms with Crippen molar-refractivity contribution in [2.75, 3.05) is 7.11 Å². The number of carbonyl (C=O) groups is 1. The zero-order chi connectivity index (χ0) is 9.84. The molecule has 0 bridgehead atoms. The Labute approximate surface area is 77.5 Å². The molecule has 2 nitrogen and oxygen atoms in total. The first-order chi connectivity index (χ1) is 6.20. The second kappa shape index (κ2) is 3.77. The SMILES string of the molecule is C#Cc1cccc(OC)c1C(C)=O. The molecule has 0 atom stereocenters. The summed E-state index contributed by atoms with van der Waals surface area (Å²) in [6, 6.07) is 5.21. The van der Waals surface area contributed by atoms with Crippen LogP contribution in [0.15, 0.2) is 18.2 Å². The van der Waals surface area contributed by atoms with Gasteiger partial charge in [-0.05, 0) is 19.1 Å². The van der Waals surface area contributed by atoms with Crippen LogP contribution in [0.1, 0.15) is 22.8 Å². The van der Waals surface area contributed by atoms with Gasteiger partial charge in [-0.3, -0.25) is 4.79 Å². The van der Waals surface area contributed by atoms with Crippen LogP contribution in [0.25, 0.3) is 0 Å². The molecule has 2 heteroatoms. The van der Waals surface area contributed by atoms with Gasteiger partial charge in [0.2, 0.25) is 0 Å². The van der Waals surface area contributed by atoms with Crippen LogP contribution < -0.4 is 4.74 Å². The Morgan fingerprint density at radius 1 is 1.54 bits per heavy atom. The lowest BCUT2D eigenvalue weighted by Gasteiger charge is -2.06. The molecule has 66 valence electrons. The van der Waals surface area contributed by atoms with Crippen LogP contribution in [-0.4, -0.2) is 12.9 Å². The quantitative estimate of drug-likeness (QED) is 0.505. The topological polar surface area (TPSA) is 26.3 Å². The molecule has 13 heavy (non-hydrogen) atoms. The van der Waals surface area contributed by atoms with Crippen molar-refractivity contribution in [3.8, 4) is 18.1 Å². The summed E-state index contributed by atoms with van der Waals surface area (Å²) in [6.07, 6.45) is 5.25. The Bertz CT molecular complexity index is 372. The van der Waals surface area contributed by atoms with Gasteiger partial charge in [0, 0.05) is 5.56 Å². The number of ketones is 1. The molecule has 0 spiro atoms. The fourth-order valence-electron chi connectivity index (χ4n) is 1.18. The lowest BCUT2D eigenvalue weighted by Crippen LogP contribution is -2.00. The van der Waals surface area contributed by atoms with Gasteiger partial charge in [0.25, 0.3) is 0 Å². The third kappa shape index (κ3) is 1.70. The van der Waals surface area contributed by atoms with Crippen LogP contribution in [0.4, 0.5) is 0 Å². The number of rotatable bonds is 2. The summed E-state index contributed by atoms with van der Waals surface area (Å²) in [7, 11) is 1.52. The summed E-state index contributed by atoms with van der Waals surface area (Å²) in [5.74, 6) is 2.90. The molecule has 0 radical (unpaired) electrons. The maximum absolute atomic E-state index is 11.2. The molecular formula is C11H10O2. The maximum atomic E-state index is 11.2.